The minimum atomic E-state index is 0.612. The zero-order valence-electron chi connectivity index (χ0n) is 17.6. The summed E-state index contributed by atoms with van der Waals surface area (Å²) in [4.78, 5) is 2.49. The van der Waals surface area contributed by atoms with Crippen LogP contribution in [-0.2, 0) is 13.0 Å². The molecule has 1 aliphatic heterocycles. The first-order chi connectivity index (χ1) is 14.3. The molecule has 1 fully saturated rings. The van der Waals surface area contributed by atoms with Crippen LogP contribution < -0.4 is 4.57 Å². The Hall–Kier alpha value is -2.45. The molecule has 3 aromatic rings. The Morgan fingerprint density at radius 2 is 1.66 bits per heavy atom. The Kier molecular flexibility index (Phi) is 6.74. The Balaban J connectivity index is 1.21. The van der Waals surface area contributed by atoms with Crippen LogP contribution in [0, 0.1) is 0 Å². The SMILES string of the molecule is CN1CCCC1c1ccc[n+](CCCCCc2ccc(-c3ccccc3)cc2)c1. The molecule has 1 aromatic heterocycles. The molecule has 29 heavy (non-hydrogen) atoms. The van der Waals surface area contributed by atoms with Crippen LogP contribution in [0.2, 0.25) is 0 Å². The molecule has 1 saturated heterocycles. The second kappa shape index (κ2) is 9.84. The van der Waals surface area contributed by atoms with E-state index in [-0.39, 0.29) is 0 Å². The lowest BCUT2D eigenvalue weighted by atomic mass is 10.0. The summed E-state index contributed by atoms with van der Waals surface area (Å²) in [6.07, 6.45) is 12.2. The van der Waals surface area contributed by atoms with Crippen LogP contribution in [0.1, 0.15) is 49.3 Å². The molecule has 2 heterocycles. The molecule has 1 atom stereocenters. The molecule has 0 N–H and O–H groups in total. The zero-order chi connectivity index (χ0) is 19.9. The fourth-order valence-electron chi connectivity index (χ4n) is 4.50. The lowest BCUT2D eigenvalue weighted by Crippen LogP contribution is -2.34. The third-order valence-electron chi connectivity index (χ3n) is 6.23. The van der Waals surface area contributed by atoms with Crippen LogP contribution in [0.3, 0.4) is 0 Å². The summed E-state index contributed by atoms with van der Waals surface area (Å²) >= 11 is 0. The number of benzene rings is 2. The van der Waals surface area contributed by atoms with E-state index in [4.69, 9.17) is 0 Å². The van der Waals surface area contributed by atoms with Gasteiger partial charge >= 0.3 is 0 Å². The molecule has 150 valence electrons. The summed E-state index contributed by atoms with van der Waals surface area (Å²) in [6.45, 7) is 2.35. The van der Waals surface area contributed by atoms with Gasteiger partial charge in [0.15, 0.2) is 12.4 Å². The van der Waals surface area contributed by atoms with E-state index in [1.54, 1.807) is 0 Å². The van der Waals surface area contributed by atoms with E-state index in [2.05, 4.69) is 95.6 Å². The molecule has 0 spiro atoms. The number of hydrogen-bond acceptors (Lipinski definition) is 1. The van der Waals surface area contributed by atoms with Gasteiger partial charge in [-0.3, -0.25) is 4.90 Å². The molecule has 0 saturated carbocycles. The van der Waals surface area contributed by atoms with Gasteiger partial charge in [-0.1, -0.05) is 54.6 Å². The highest BCUT2D eigenvalue weighted by atomic mass is 15.1. The Labute approximate surface area is 175 Å². The molecule has 1 unspecified atom stereocenters. The predicted octanol–water partition coefficient (Wildman–Crippen LogP) is 5.82. The van der Waals surface area contributed by atoms with E-state index in [0.717, 1.165) is 6.54 Å². The second-order valence-electron chi connectivity index (χ2n) is 8.39. The highest BCUT2D eigenvalue weighted by molar-refractivity contribution is 5.63. The van der Waals surface area contributed by atoms with Gasteiger partial charge in [0.2, 0.25) is 0 Å². The third-order valence-corrected chi connectivity index (χ3v) is 6.23. The van der Waals surface area contributed by atoms with Gasteiger partial charge in [-0.15, -0.1) is 0 Å². The van der Waals surface area contributed by atoms with Crippen LogP contribution in [0.25, 0.3) is 11.1 Å². The average Bonchev–Trinajstić information content (AvgIpc) is 3.21. The van der Waals surface area contributed by atoms with Crippen molar-refractivity contribution in [1.29, 1.82) is 0 Å². The van der Waals surface area contributed by atoms with Crippen LogP contribution in [0.4, 0.5) is 0 Å². The molecule has 0 aliphatic carbocycles. The van der Waals surface area contributed by atoms with E-state index >= 15 is 0 Å². The Morgan fingerprint density at radius 1 is 0.862 bits per heavy atom. The van der Waals surface area contributed by atoms with Gasteiger partial charge in [0.05, 0.1) is 0 Å². The van der Waals surface area contributed by atoms with Gasteiger partial charge in [0.25, 0.3) is 0 Å². The van der Waals surface area contributed by atoms with Crippen molar-refractivity contribution in [3.05, 3.63) is 90.3 Å². The fourth-order valence-corrected chi connectivity index (χ4v) is 4.50. The standard InChI is InChI=1S/C27H33N2/c1-28-19-9-14-27(28)26-13-8-21-29(22-26)20-7-3-4-10-23-15-17-25(18-16-23)24-11-5-2-6-12-24/h2,5-6,8,11-13,15-18,21-22,27H,3-4,7,9-10,14,19-20H2,1H3/q+1. The molecule has 4 rings (SSSR count). The lowest BCUT2D eigenvalue weighted by molar-refractivity contribution is -0.697. The van der Waals surface area contributed by atoms with Gasteiger partial charge in [-0.2, -0.15) is 0 Å². The average molecular weight is 386 g/mol. The van der Waals surface area contributed by atoms with E-state index < -0.39 is 0 Å². The van der Waals surface area contributed by atoms with Gasteiger partial charge < -0.3 is 0 Å². The van der Waals surface area contributed by atoms with Crippen LogP contribution in [0.5, 0.6) is 0 Å². The van der Waals surface area contributed by atoms with E-state index in [9.17, 15) is 0 Å². The minimum Gasteiger partial charge on any atom is -0.299 e. The monoisotopic (exact) mass is 385 g/mol. The van der Waals surface area contributed by atoms with Gasteiger partial charge in [0, 0.05) is 24.1 Å². The van der Waals surface area contributed by atoms with E-state index in [0.29, 0.717) is 6.04 Å². The normalized spacial score (nSPS) is 16.9. The highest BCUT2D eigenvalue weighted by Crippen LogP contribution is 2.29. The summed E-state index contributed by atoms with van der Waals surface area (Å²) in [5.41, 5.74) is 5.52. The van der Waals surface area contributed by atoms with Gasteiger partial charge in [-0.05, 0) is 68.5 Å². The maximum atomic E-state index is 2.49. The Bertz CT molecular complexity index is 886. The molecule has 1 aliphatic rings. The zero-order valence-corrected chi connectivity index (χ0v) is 17.6. The Morgan fingerprint density at radius 3 is 2.41 bits per heavy atom. The van der Waals surface area contributed by atoms with Crippen LogP contribution in [-0.4, -0.2) is 18.5 Å². The lowest BCUT2D eigenvalue weighted by Gasteiger charge is -2.18. The van der Waals surface area contributed by atoms with Gasteiger partial charge in [0.1, 0.15) is 6.54 Å². The molecule has 2 nitrogen and oxygen atoms in total. The van der Waals surface area contributed by atoms with Crippen molar-refractivity contribution in [2.75, 3.05) is 13.6 Å². The number of aryl methyl sites for hydroxylation is 2. The van der Waals surface area contributed by atoms with Crippen molar-refractivity contribution in [2.45, 2.75) is 51.1 Å². The van der Waals surface area contributed by atoms with Crippen molar-refractivity contribution >= 4 is 0 Å². The minimum absolute atomic E-state index is 0.612. The molecular formula is C27H33N2+. The molecule has 0 amide bonds. The first kappa shape index (κ1) is 19.8. The predicted molar refractivity (Wildman–Crippen MR) is 121 cm³/mol. The van der Waals surface area contributed by atoms with Crippen molar-refractivity contribution in [3.8, 4) is 11.1 Å². The maximum absolute atomic E-state index is 2.49. The summed E-state index contributed by atoms with van der Waals surface area (Å²) < 4.78 is 2.39. The number of nitrogens with zero attached hydrogens (tertiary/aromatic N) is 2. The number of unbranched alkanes of at least 4 members (excludes halogenated alkanes) is 2. The number of pyridine rings is 1. The highest BCUT2D eigenvalue weighted by Gasteiger charge is 2.24. The first-order valence-electron chi connectivity index (χ1n) is 11.1. The van der Waals surface area contributed by atoms with E-state index in [1.165, 1.54) is 67.3 Å². The smallest absolute Gasteiger partial charge is 0.173 e. The quantitative estimate of drug-likeness (QED) is 0.350. The second-order valence-corrected chi connectivity index (χ2v) is 8.39. The van der Waals surface area contributed by atoms with Crippen LogP contribution >= 0.6 is 0 Å². The summed E-state index contributed by atoms with van der Waals surface area (Å²) in [7, 11) is 2.25. The third kappa shape index (κ3) is 5.33. The number of aromatic nitrogens is 1. The van der Waals surface area contributed by atoms with Gasteiger partial charge in [-0.25, -0.2) is 4.57 Å². The molecule has 0 bridgehead atoms. The van der Waals surface area contributed by atoms with E-state index in [1.807, 2.05) is 0 Å². The fraction of sp³-hybridized carbons (Fsp3) is 0.370. The van der Waals surface area contributed by atoms with Crippen molar-refractivity contribution in [3.63, 3.8) is 0 Å². The number of hydrogen-bond donors (Lipinski definition) is 0. The van der Waals surface area contributed by atoms with Crippen molar-refractivity contribution in [1.82, 2.24) is 4.90 Å². The first-order valence-corrected chi connectivity index (χ1v) is 11.1. The number of rotatable bonds is 8. The molecular weight excluding hydrogens is 352 g/mol. The largest absolute Gasteiger partial charge is 0.299 e. The van der Waals surface area contributed by atoms with Crippen molar-refractivity contribution in [2.24, 2.45) is 0 Å². The molecule has 2 heteroatoms. The number of likely N-dealkylation sites (tertiary alicyclic amines) is 1. The maximum Gasteiger partial charge on any atom is 0.173 e. The molecule has 2 aromatic carbocycles. The summed E-state index contributed by atoms with van der Waals surface area (Å²) in [6, 6.07) is 24.8. The summed E-state index contributed by atoms with van der Waals surface area (Å²) in [5.74, 6) is 0. The molecule has 0 radical (unpaired) electrons. The van der Waals surface area contributed by atoms with Crippen molar-refractivity contribution < 1.29 is 4.57 Å². The topological polar surface area (TPSA) is 7.12 Å². The van der Waals surface area contributed by atoms with Crippen LogP contribution in [0.15, 0.2) is 79.1 Å². The summed E-state index contributed by atoms with van der Waals surface area (Å²) in [5, 5.41) is 0.